The number of hydrogen-bond donors (Lipinski definition) is 0. The van der Waals surface area contributed by atoms with Gasteiger partial charge in [0.15, 0.2) is 11.5 Å². The normalized spacial score (nSPS) is 11.5. The predicted octanol–water partition coefficient (Wildman–Crippen LogP) is 2.88. The van der Waals surface area contributed by atoms with Gasteiger partial charge in [-0.05, 0) is 43.2 Å². The van der Waals surface area contributed by atoms with Crippen LogP contribution in [0.15, 0.2) is 41.3 Å². The molecule has 0 aliphatic carbocycles. The molecule has 2 aromatic carbocycles. The van der Waals surface area contributed by atoms with Gasteiger partial charge < -0.3 is 14.2 Å². The highest BCUT2D eigenvalue weighted by Crippen LogP contribution is 2.38. The van der Waals surface area contributed by atoms with Crippen LogP contribution in [-0.2, 0) is 16.4 Å². The Morgan fingerprint density at radius 3 is 1.92 bits per heavy atom. The highest BCUT2D eigenvalue weighted by Gasteiger charge is 2.21. The molecule has 0 radical (unpaired) electrons. The molecule has 2 rings (SSSR count). The third kappa shape index (κ3) is 4.28. The molecule has 0 aliphatic rings. The molecule has 142 valence electrons. The number of ether oxygens (including phenoxy) is 3. The summed E-state index contributed by atoms with van der Waals surface area (Å²) in [5.74, 6) is 1.61. The molecule has 0 saturated heterocycles. The summed E-state index contributed by atoms with van der Waals surface area (Å²) in [4.78, 5) is 0.287. The Morgan fingerprint density at radius 2 is 1.46 bits per heavy atom. The van der Waals surface area contributed by atoms with Crippen LogP contribution in [0, 0.1) is 6.92 Å². The molecule has 0 N–H and O–H groups in total. The largest absolute Gasteiger partial charge is 0.493 e. The summed E-state index contributed by atoms with van der Waals surface area (Å²) in [7, 11) is 2.70. The van der Waals surface area contributed by atoms with Gasteiger partial charge in [-0.2, -0.15) is 0 Å². The molecule has 0 saturated carbocycles. The van der Waals surface area contributed by atoms with Gasteiger partial charge in [0.1, 0.15) is 0 Å². The maximum absolute atomic E-state index is 12.7. The predicted molar refractivity (Wildman–Crippen MR) is 101 cm³/mol. The van der Waals surface area contributed by atoms with E-state index in [4.69, 9.17) is 14.2 Å². The average Bonchev–Trinajstić information content (AvgIpc) is 2.65. The van der Waals surface area contributed by atoms with E-state index in [1.54, 1.807) is 52.6 Å². The molecular weight excluding hydrogens is 354 g/mol. The second-order valence-corrected chi connectivity index (χ2v) is 7.97. The zero-order chi connectivity index (χ0) is 19.3. The summed E-state index contributed by atoms with van der Waals surface area (Å²) in [5.41, 5.74) is 1.91. The molecule has 0 aliphatic heterocycles. The van der Waals surface area contributed by atoms with E-state index in [2.05, 4.69) is 0 Å². The summed E-state index contributed by atoms with van der Waals surface area (Å²) in [6.45, 7) is 2.25. The summed E-state index contributed by atoms with van der Waals surface area (Å²) < 4.78 is 42.7. The standard InChI is InChI=1S/C19H25NO5S/c1-14-6-8-16(9-7-14)26(21,22)20(2)11-10-15-12-17(23-3)19(25-5)18(13-15)24-4/h6-9,12-13H,10-11H2,1-5H3. The molecule has 0 spiro atoms. The molecule has 0 amide bonds. The van der Waals surface area contributed by atoms with Crippen molar-refractivity contribution >= 4 is 10.0 Å². The van der Waals surface area contributed by atoms with E-state index in [0.29, 0.717) is 30.2 Å². The van der Waals surface area contributed by atoms with Crippen molar-refractivity contribution in [3.05, 3.63) is 47.5 Å². The molecule has 0 heterocycles. The average molecular weight is 379 g/mol. The van der Waals surface area contributed by atoms with Crippen LogP contribution in [0.4, 0.5) is 0 Å². The number of hydrogen-bond acceptors (Lipinski definition) is 5. The number of sulfonamides is 1. The fourth-order valence-electron chi connectivity index (χ4n) is 2.58. The lowest BCUT2D eigenvalue weighted by molar-refractivity contribution is 0.323. The van der Waals surface area contributed by atoms with E-state index in [9.17, 15) is 8.42 Å². The van der Waals surface area contributed by atoms with E-state index in [0.717, 1.165) is 11.1 Å². The third-order valence-corrected chi connectivity index (χ3v) is 6.04. The fraction of sp³-hybridized carbons (Fsp3) is 0.368. The van der Waals surface area contributed by atoms with E-state index in [-0.39, 0.29) is 4.90 Å². The third-order valence-electron chi connectivity index (χ3n) is 4.17. The first-order valence-corrected chi connectivity index (χ1v) is 9.59. The lowest BCUT2D eigenvalue weighted by Crippen LogP contribution is -2.29. The molecule has 2 aromatic rings. The van der Waals surface area contributed by atoms with Crippen LogP contribution >= 0.6 is 0 Å². The lowest BCUT2D eigenvalue weighted by atomic mass is 10.1. The molecule has 6 nitrogen and oxygen atoms in total. The topological polar surface area (TPSA) is 65.1 Å². The maximum Gasteiger partial charge on any atom is 0.242 e. The van der Waals surface area contributed by atoms with Gasteiger partial charge in [0.2, 0.25) is 15.8 Å². The fourth-order valence-corrected chi connectivity index (χ4v) is 3.75. The molecule has 0 fully saturated rings. The van der Waals surface area contributed by atoms with Gasteiger partial charge in [-0.25, -0.2) is 12.7 Å². The van der Waals surface area contributed by atoms with Gasteiger partial charge in [-0.3, -0.25) is 0 Å². The number of benzene rings is 2. The minimum absolute atomic E-state index is 0.287. The van der Waals surface area contributed by atoms with Gasteiger partial charge in [0, 0.05) is 13.6 Å². The van der Waals surface area contributed by atoms with Gasteiger partial charge >= 0.3 is 0 Å². The Morgan fingerprint density at radius 1 is 0.923 bits per heavy atom. The minimum Gasteiger partial charge on any atom is -0.493 e. The van der Waals surface area contributed by atoms with Crippen molar-refractivity contribution in [2.45, 2.75) is 18.2 Å². The number of aryl methyl sites for hydroxylation is 1. The SMILES string of the molecule is COc1cc(CCN(C)S(=O)(=O)c2ccc(C)cc2)cc(OC)c1OC. The van der Waals surface area contributed by atoms with Crippen molar-refractivity contribution in [3.8, 4) is 17.2 Å². The van der Waals surface area contributed by atoms with E-state index >= 15 is 0 Å². The van der Waals surface area contributed by atoms with Gasteiger partial charge in [0.05, 0.1) is 26.2 Å². The highest BCUT2D eigenvalue weighted by molar-refractivity contribution is 7.89. The van der Waals surface area contributed by atoms with E-state index < -0.39 is 10.0 Å². The van der Waals surface area contributed by atoms with E-state index in [1.165, 1.54) is 4.31 Å². The number of nitrogens with zero attached hydrogens (tertiary/aromatic N) is 1. The Labute approximate surface area is 155 Å². The van der Waals surface area contributed by atoms with Crippen LogP contribution in [-0.4, -0.2) is 47.6 Å². The van der Waals surface area contributed by atoms with Crippen molar-refractivity contribution in [1.82, 2.24) is 4.31 Å². The van der Waals surface area contributed by atoms with Crippen LogP contribution in [0.3, 0.4) is 0 Å². The molecular formula is C19H25NO5S. The molecule has 26 heavy (non-hydrogen) atoms. The van der Waals surface area contributed by atoms with Crippen molar-refractivity contribution in [3.63, 3.8) is 0 Å². The van der Waals surface area contributed by atoms with Gasteiger partial charge in [0.25, 0.3) is 0 Å². The number of methoxy groups -OCH3 is 3. The van der Waals surface area contributed by atoms with Crippen LogP contribution in [0.1, 0.15) is 11.1 Å². The second kappa shape index (κ2) is 8.42. The number of rotatable bonds is 8. The van der Waals surface area contributed by atoms with Gasteiger partial charge in [-0.15, -0.1) is 0 Å². The van der Waals surface area contributed by atoms with Crippen molar-refractivity contribution in [2.24, 2.45) is 0 Å². The monoisotopic (exact) mass is 379 g/mol. The first kappa shape index (κ1) is 20.1. The summed E-state index contributed by atoms with van der Waals surface area (Å²) in [5, 5.41) is 0. The quantitative estimate of drug-likeness (QED) is 0.706. The Balaban J connectivity index is 2.18. The zero-order valence-electron chi connectivity index (χ0n) is 15.8. The molecule has 0 atom stereocenters. The summed E-state index contributed by atoms with van der Waals surface area (Å²) in [6.07, 6.45) is 0.512. The van der Waals surface area contributed by atoms with Crippen LogP contribution in [0.2, 0.25) is 0 Å². The summed E-state index contributed by atoms with van der Waals surface area (Å²) in [6, 6.07) is 10.5. The smallest absolute Gasteiger partial charge is 0.242 e. The van der Waals surface area contributed by atoms with Crippen LogP contribution in [0.5, 0.6) is 17.2 Å². The van der Waals surface area contributed by atoms with Crippen LogP contribution < -0.4 is 14.2 Å². The molecule has 7 heteroatoms. The zero-order valence-corrected chi connectivity index (χ0v) is 16.6. The first-order chi connectivity index (χ1) is 12.3. The Hall–Kier alpha value is -2.25. The van der Waals surface area contributed by atoms with Crippen molar-refractivity contribution in [2.75, 3.05) is 34.9 Å². The van der Waals surface area contributed by atoms with Crippen molar-refractivity contribution < 1.29 is 22.6 Å². The van der Waals surface area contributed by atoms with Crippen LogP contribution in [0.25, 0.3) is 0 Å². The van der Waals surface area contributed by atoms with Gasteiger partial charge in [-0.1, -0.05) is 17.7 Å². The van der Waals surface area contributed by atoms with Crippen molar-refractivity contribution in [1.29, 1.82) is 0 Å². The molecule has 0 aromatic heterocycles. The Kier molecular flexibility index (Phi) is 6.50. The second-order valence-electron chi connectivity index (χ2n) is 5.92. The lowest BCUT2D eigenvalue weighted by Gasteiger charge is -2.18. The molecule has 0 unspecified atom stereocenters. The molecule has 0 bridgehead atoms. The first-order valence-electron chi connectivity index (χ1n) is 8.15. The maximum atomic E-state index is 12.7. The Bertz CT molecular complexity index is 822. The minimum atomic E-state index is -3.52. The highest BCUT2D eigenvalue weighted by atomic mass is 32.2. The van der Waals surface area contributed by atoms with E-state index in [1.807, 2.05) is 19.1 Å². The summed E-state index contributed by atoms with van der Waals surface area (Å²) >= 11 is 0. The number of likely N-dealkylation sites (N-methyl/N-ethyl adjacent to an activating group) is 1.